The lowest BCUT2D eigenvalue weighted by atomic mass is 10.1. The average Bonchev–Trinajstić information content (AvgIpc) is 2.92. The van der Waals surface area contributed by atoms with E-state index in [4.69, 9.17) is 14.2 Å². The Morgan fingerprint density at radius 2 is 2.18 bits per heavy atom. The van der Waals surface area contributed by atoms with Gasteiger partial charge in [-0.2, -0.15) is 0 Å². The van der Waals surface area contributed by atoms with Gasteiger partial charge in [0.2, 0.25) is 0 Å². The molecule has 2 atom stereocenters. The maximum absolute atomic E-state index is 11.5. The normalized spacial score (nSPS) is 19.9. The van der Waals surface area contributed by atoms with Gasteiger partial charge >= 0.3 is 6.09 Å². The third-order valence-electron chi connectivity index (χ3n) is 3.48. The quantitative estimate of drug-likeness (QED) is 0.636. The first-order chi connectivity index (χ1) is 10.4. The monoisotopic (exact) mass is 316 g/mol. The van der Waals surface area contributed by atoms with E-state index in [1.165, 1.54) is 0 Å². The van der Waals surface area contributed by atoms with Crippen LogP contribution in [-0.4, -0.2) is 57.8 Å². The molecule has 130 valence electrons. The number of carbonyl (C=O) groups excluding carboxylic acids is 1. The molecule has 2 N–H and O–H groups in total. The molecule has 1 amide bonds. The molecular weight excluding hydrogens is 284 g/mol. The molecule has 0 aromatic rings. The third-order valence-corrected chi connectivity index (χ3v) is 3.48. The SMILES string of the molecule is COCC(CCCNC(=O)OC(C)(C)C)NCC1CCOC1. The van der Waals surface area contributed by atoms with Crippen molar-refractivity contribution in [2.75, 3.05) is 40.0 Å². The molecule has 1 aliphatic rings. The van der Waals surface area contributed by atoms with Crippen molar-refractivity contribution in [3.63, 3.8) is 0 Å². The zero-order chi connectivity index (χ0) is 16.4. The summed E-state index contributed by atoms with van der Waals surface area (Å²) in [5.74, 6) is 0.610. The Morgan fingerprint density at radius 1 is 1.41 bits per heavy atom. The molecular formula is C16H32N2O4. The Morgan fingerprint density at radius 3 is 2.77 bits per heavy atom. The van der Waals surface area contributed by atoms with E-state index in [1.807, 2.05) is 20.8 Å². The van der Waals surface area contributed by atoms with Gasteiger partial charge in [-0.05, 0) is 46.0 Å². The number of ether oxygens (including phenoxy) is 3. The van der Waals surface area contributed by atoms with E-state index in [2.05, 4.69) is 10.6 Å². The van der Waals surface area contributed by atoms with Crippen molar-refractivity contribution >= 4 is 6.09 Å². The Labute approximate surface area is 134 Å². The number of amides is 1. The molecule has 0 spiro atoms. The first kappa shape index (κ1) is 19.2. The van der Waals surface area contributed by atoms with E-state index in [-0.39, 0.29) is 6.09 Å². The lowest BCUT2D eigenvalue weighted by molar-refractivity contribution is 0.0526. The molecule has 0 aliphatic carbocycles. The Hall–Kier alpha value is -0.850. The van der Waals surface area contributed by atoms with Crippen LogP contribution in [0.15, 0.2) is 0 Å². The predicted molar refractivity (Wildman–Crippen MR) is 86.1 cm³/mol. The Balaban J connectivity index is 2.13. The van der Waals surface area contributed by atoms with Crippen LogP contribution in [0.5, 0.6) is 0 Å². The molecule has 2 unspecified atom stereocenters. The largest absolute Gasteiger partial charge is 0.444 e. The first-order valence-corrected chi connectivity index (χ1v) is 8.17. The van der Waals surface area contributed by atoms with Crippen molar-refractivity contribution in [2.24, 2.45) is 5.92 Å². The highest BCUT2D eigenvalue weighted by Crippen LogP contribution is 2.11. The van der Waals surface area contributed by atoms with E-state index in [1.54, 1.807) is 7.11 Å². The van der Waals surface area contributed by atoms with Gasteiger partial charge in [-0.1, -0.05) is 0 Å². The van der Waals surface area contributed by atoms with Crippen molar-refractivity contribution in [2.45, 2.75) is 51.7 Å². The summed E-state index contributed by atoms with van der Waals surface area (Å²) in [5.41, 5.74) is -0.451. The summed E-state index contributed by atoms with van der Waals surface area (Å²) in [7, 11) is 1.71. The third kappa shape index (κ3) is 9.23. The van der Waals surface area contributed by atoms with Crippen molar-refractivity contribution in [1.29, 1.82) is 0 Å². The zero-order valence-electron chi connectivity index (χ0n) is 14.4. The van der Waals surface area contributed by atoms with Crippen molar-refractivity contribution in [3.8, 4) is 0 Å². The minimum absolute atomic E-state index is 0.311. The number of hydrogen-bond donors (Lipinski definition) is 2. The van der Waals surface area contributed by atoms with Crippen molar-refractivity contribution in [1.82, 2.24) is 10.6 Å². The molecule has 6 heteroatoms. The van der Waals surface area contributed by atoms with Crippen LogP contribution in [0.25, 0.3) is 0 Å². The maximum atomic E-state index is 11.5. The summed E-state index contributed by atoms with van der Waals surface area (Å²) in [6.45, 7) is 9.57. The van der Waals surface area contributed by atoms with Crippen LogP contribution in [0.3, 0.4) is 0 Å². The van der Waals surface area contributed by atoms with Crippen molar-refractivity contribution in [3.05, 3.63) is 0 Å². The molecule has 0 aromatic carbocycles. The van der Waals surface area contributed by atoms with Gasteiger partial charge in [0.15, 0.2) is 0 Å². The van der Waals surface area contributed by atoms with Gasteiger partial charge in [0.1, 0.15) is 5.60 Å². The summed E-state index contributed by atoms with van der Waals surface area (Å²) in [4.78, 5) is 11.5. The highest BCUT2D eigenvalue weighted by atomic mass is 16.6. The smallest absolute Gasteiger partial charge is 0.407 e. The van der Waals surface area contributed by atoms with E-state index < -0.39 is 5.60 Å². The van der Waals surface area contributed by atoms with Crippen LogP contribution in [0.4, 0.5) is 4.79 Å². The Bertz CT molecular complexity index is 312. The van der Waals surface area contributed by atoms with Gasteiger partial charge < -0.3 is 24.8 Å². The van der Waals surface area contributed by atoms with Crippen LogP contribution < -0.4 is 10.6 Å². The molecule has 1 aliphatic heterocycles. The molecule has 0 bridgehead atoms. The van der Waals surface area contributed by atoms with Crippen LogP contribution in [0.2, 0.25) is 0 Å². The van der Waals surface area contributed by atoms with E-state index in [9.17, 15) is 4.79 Å². The summed E-state index contributed by atoms with van der Waals surface area (Å²) in [6.07, 6.45) is 2.62. The summed E-state index contributed by atoms with van der Waals surface area (Å²) in [6, 6.07) is 0.311. The van der Waals surface area contributed by atoms with Gasteiger partial charge in [-0.15, -0.1) is 0 Å². The van der Waals surface area contributed by atoms with Gasteiger partial charge in [0.05, 0.1) is 13.2 Å². The fourth-order valence-corrected chi connectivity index (χ4v) is 2.38. The van der Waals surface area contributed by atoms with Gasteiger partial charge in [0, 0.05) is 32.8 Å². The van der Waals surface area contributed by atoms with E-state index in [0.717, 1.165) is 39.0 Å². The summed E-state index contributed by atoms with van der Waals surface area (Å²) < 4.78 is 15.8. The second kappa shape index (κ2) is 10.0. The summed E-state index contributed by atoms with van der Waals surface area (Å²) >= 11 is 0. The van der Waals surface area contributed by atoms with E-state index in [0.29, 0.717) is 25.1 Å². The van der Waals surface area contributed by atoms with Crippen LogP contribution in [0, 0.1) is 5.92 Å². The minimum atomic E-state index is -0.451. The molecule has 0 radical (unpaired) electrons. The van der Waals surface area contributed by atoms with Crippen LogP contribution in [-0.2, 0) is 14.2 Å². The highest BCUT2D eigenvalue weighted by Gasteiger charge is 2.18. The second-order valence-electron chi connectivity index (χ2n) is 6.86. The number of nitrogens with one attached hydrogen (secondary N) is 2. The van der Waals surface area contributed by atoms with Crippen molar-refractivity contribution < 1.29 is 19.0 Å². The lowest BCUT2D eigenvalue weighted by Crippen LogP contribution is -2.38. The average molecular weight is 316 g/mol. The lowest BCUT2D eigenvalue weighted by Gasteiger charge is -2.21. The first-order valence-electron chi connectivity index (χ1n) is 8.17. The van der Waals surface area contributed by atoms with Crippen LogP contribution >= 0.6 is 0 Å². The summed E-state index contributed by atoms with van der Waals surface area (Å²) in [5, 5.41) is 6.32. The van der Waals surface area contributed by atoms with E-state index >= 15 is 0 Å². The molecule has 0 saturated carbocycles. The standard InChI is InChI=1S/C16H32N2O4/c1-16(2,3)22-15(19)17-8-5-6-14(12-20-4)18-10-13-7-9-21-11-13/h13-14,18H,5-12H2,1-4H3,(H,17,19). The molecule has 1 rings (SSSR count). The zero-order valence-corrected chi connectivity index (χ0v) is 14.4. The Kier molecular flexibility index (Phi) is 8.75. The topological polar surface area (TPSA) is 68.8 Å². The number of rotatable bonds is 9. The number of hydrogen-bond acceptors (Lipinski definition) is 5. The fourth-order valence-electron chi connectivity index (χ4n) is 2.38. The molecule has 1 fully saturated rings. The number of carbonyl (C=O) groups is 1. The number of methoxy groups -OCH3 is 1. The predicted octanol–water partition coefficient (Wildman–Crippen LogP) is 1.93. The van der Waals surface area contributed by atoms with Gasteiger partial charge in [-0.25, -0.2) is 4.79 Å². The molecule has 6 nitrogen and oxygen atoms in total. The number of alkyl carbamates (subject to hydrolysis) is 1. The molecule has 0 aromatic heterocycles. The van der Waals surface area contributed by atoms with Gasteiger partial charge in [0.25, 0.3) is 0 Å². The fraction of sp³-hybridized carbons (Fsp3) is 0.938. The maximum Gasteiger partial charge on any atom is 0.407 e. The minimum Gasteiger partial charge on any atom is -0.444 e. The highest BCUT2D eigenvalue weighted by molar-refractivity contribution is 5.67. The van der Waals surface area contributed by atoms with Crippen LogP contribution in [0.1, 0.15) is 40.0 Å². The second-order valence-corrected chi connectivity index (χ2v) is 6.86. The molecule has 1 heterocycles. The molecule has 22 heavy (non-hydrogen) atoms. The van der Waals surface area contributed by atoms with Gasteiger partial charge in [-0.3, -0.25) is 0 Å². The molecule has 1 saturated heterocycles.